The zero-order valence-electron chi connectivity index (χ0n) is 11.2. The molecule has 0 atom stereocenters. The lowest BCUT2D eigenvalue weighted by Crippen LogP contribution is -2.35. The van der Waals surface area contributed by atoms with Crippen LogP contribution in [0.2, 0.25) is 0 Å². The quantitative estimate of drug-likeness (QED) is 0.892. The Morgan fingerprint density at radius 1 is 1.16 bits per heavy atom. The molecule has 1 saturated carbocycles. The van der Waals surface area contributed by atoms with Crippen LogP contribution >= 0.6 is 0 Å². The van der Waals surface area contributed by atoms with Crippen LogP contribution in [-0.4, -0.2) is 14.1 Å². The fourth-order valence-corrected chi connectivity index (χ4v) is 2.78. The molecule has 5 heteroatoms. The zero-order valence-corrected chi connectivity index (χ0v) is 11.2. The summed E-state index contributed by atoms with van der Waals surface area (Å²) in [4.78, 5) is 1.82. The number of halogens is 3. The van der Waals surface area contributed by atoms with Gasteiger partial charge in [-0.25, -0.2) is 0 Å². The number of rotatable bonds is 2. The molecule has 19 heavy (non-hydrogen) atoms. The monoisotopic (exact) mass is 272 g/mol. The van der Waals surface area contributed by atoms with Gasteiger partial charge < -0.3 is 10.6 Å². The summed E-state index contributed by atoms with van der Waals surface area (Å²) in [6, 6.07) is 3.86. The third-order valence-electron chi connectivity index (χ3n) is 3.84. The van der Waals surface area contributed by atoms with Crippen molar-refractivity contribution in [1.82, 2.24) is 0 Å². The van der Waals surface area contributed by atoms with E-state index in [-0.39, 0.29) is 0 Å². The van der Waals surface area contributed by atoms with Crippen LogP contribution in [0.1, 0.15) is 36.8 Å². The molecule has 0 amide bonds. The molecule has 1 aromatic rings. The van der Waals surface area contributed by atoms with Crippen LogP contribution in [-0.2, 0) is 11.7 Å². The summed E-state index contributed by atoms with van der Waals surface area (Å²) >= 11 is 0. The van der Waals surface area contributed by atoms with Crippen LogP contribution in [0.4, 0.5) is 18.9 Å². The van der Waals surface area contributed by atoms with E-state index in [2.05, 4.69) is 0 Å². The summed E-state index contributed by atoms with van der Waals surface area (Å²) in [6.07, 6.45) is -0.891. The van der Waals surface area contributed by atoms with E-state index < -0.39 is 17.3 Å². The summed E-state index contributed by atoms with van der Waals surface area (Å²) in [5.41, 5.74) is 6.48. The number of nitrogens with zero attached hydrogens (tertiary/aromatic N) is 1. The van der Waals surface area contributed by atoms with Crippen LogP contribution in [0, 0.1) is 0 Å². The van der Waals surface area contributed by atoms with E-state index in [0.29, 0.717) is 5.56 Å². The fourth-order valence-electron chi connectivity index (χ4n) is 2.78. The van der Waals surface area contributed by atoms with Gasteiger partial charge in [-0.2, -0.15) is 13.2 Å². The molecule has 2 N–H and O–H groups in total. The van der Waals surface area contributed by atoms with Gasteiger partial charge in [0.05, 0.1) is 5.56 Å². The Morgan fingerprint density at radius 3 is 2.21 bits per heavy atom. The van der Waals surface area contributed by atoms with Gasteiger partial charge in [0.1, 0.15) is 0 Å². The summed E-state index contributed by atoms with van der Waals surface area (Å²) in [5, 5.41) is 0. The molecular weight excluding hydrogens is 253 g/mol. The first-order chi connectivity index (χ1) is 8.74. The molecule has 0 radical (unpaired) electrons. The maximum absolute atomic E-state index is 12.9. The molecule has 0 bridgehead atoms. The Bertz CT molecular complexity index is 460. The van der Waals surface area contributed by atoms with E-state index in [1.54, 1.807) is 0 Å². The van der Waals surface area contributed by atoms with E-state index >= 15 is 0 Å². The van der Waals surface area contributed by atoms with Gasteiger partial charge in [0, 0.05) is 25.3 Å². The highest BCUT2D eigenvalue weighted by Gasteiger charge is 2.37. The van der Waals surface area contributed by atoms with Crippen LogP contribution in [0.5, 0.6) is 0 Å². The number of hydrogen-bond donors (Lipinski definition) is 1. The molecule has 1 aliphatic carbocycles. The Hall–Kier alpha value is -1.23. The van der Waals surface area contributed by atoms with Crippen molar-refractivity contribution in [2.45, 2.75) is 37.4 Å². The van der Waals surface area contributed by atoms with Gasteiger partial charge in [-0.15, -0.1) is 0 Å². The lowest BCUT2D eigenvalue weighted by Gasteiger charge is -2.30. The molecule has 106 valence electrons. The van der Waals surface area contributed by atoms with Crippen molar-refractivity contribution in [3.05, 3.63) is 29.3 Å². The SMILES string of the molecule is CN(C)c1ccc(C(F)(F)F)cc1C1(N)CCCC1. The molecule has 0 spiro atoms. The molecule has 0 unspecified atom stereocenters. The molecule has 0 saturated heterocycles. The second kappa shape index (κ2) is 4.71. The van der Waals surface area contributed by atoms with Crippen LogP contribution < -0.4 is 10.6 Å². The Kier molecular flexibility index (Phi) is 3.51. The lowest BCUT2D eigenvalue weighted by atomic mass is 9.86. The smallest absolute Gasteiger partial charge is 0.377 e. The summed E-state index contributed by atoms with van der Waals surface area (Å²) in [7, 11) is 3.65. The first-order valence-electron chi connectivity index (χ1n) is 6.42. The van der Waals surface area contributed by atoms with Gasteiger partial charge in [0.2, 0.25) is 0 Å². The largest absolute Gasteiger partial charge is 0.416 e. The molecule has 0 aromatic heterocycles. The third kappa shape index (κ3) is 2.71. The highest BCUT2D eigenvalue weighted by Crippen LogP contribution is 2.42. The van der Waals surface area contributed by atoms with Gasteiger partial charge in [0.25, 0.3) is 0 Å². The molecule has 0 aliphatic heterocycles. The number of anilines is 1. The van der Waals surface area contributed by atoms with Crippen molar-refractivity contribution in [2.24, 2.45) is 5.73 Å². The number of nitrogens with two attached hydrogens (primary N) is 1. The molecule has 1 aliphatic rings. The van der Waals surface area contributed by atoms with Crippen molar-refractivity contribution >= 4 is 5.69 Å². The van der Waals surface area contributed by atoms with E-state index in [1.165, 1.54) is 12.1 Å². The predicted molar refractivity (Wildman–Crippen MR) is 70.1 cm³/mol. The number of hydrogen-bond acceptors (Lipinski definition) is 2. The Labute approximate surface area is 111 Å². The maximum Gasteiger partial charge on any atom is 0.416 e. The Balaban J connectivity index is 2.54. The van der Waals surface area contributed by atoms with Crippen molar-refractivity contribution in [3.8, 4) is 0 Å². The van der Waals surface area contributed by atoms with Crippen molar-refractivity contribution in [2.75, 3.05) is 19.0 Å². The molecule has 1 aromatic carbocycles. The fraction of sp³-hybridized carbons (Fsp3) is 0.571. The summed E-state index contributed by atoms with van der Waals surface area (Å²) in [5.74, 6) is 0. The molecule has 1 fully saturated rings. The van der Waals surface area contributed by atoms with Crippen molar-refractivity contribution in [3.63, 3.8) is 0 Å². The van der Waals surface area contributed by atoms with Crippen LogP contribution in [0.15, 0.2) is 18.2 Å². The molecular formula is C14H19F3N2. The number of alkyl halides is 3. The normalized spacial score (nSPS) is 18.6. The molecule has 2 nitrogen and oxygen atoms in total. The zero-order chi connectivity index (χ0) is 14.3. The van der Waals surface area contributed by atoms with Gasteiger partial charge >= 0.3 is 6.18 Å². The minimum Gasteiger partial charge on any atom is -0.377 e. The predicted octanol–water partition coefficient (Wildman–Crippen LogP) is 3.50. The first kappa shape index (κ1) is 14.2. The van der Waals surface area contributed by atoms with E-state index in [1.807, 2.05) is 19.0 Å². The van der Waals surface area contributed by atoms with Crippen molar-refractivity contribution < 1.29 is 13.2 Å². The lowest BCUT2D eigenvalue weighted by molar-refractivity contribution is -0.137. The minimum absolute atomic E-state index is 0.616. The van der Waals surface area contributed by atoms with Gasteiger partial charge in [-0.3, -0.25) is 0 Å². The first-order valence-corrected chi connectivity index (χ1v) is 6.42. The molecule has 2 rings (SSSR count). The van der Waals surface area contributed by atoms with Crippen molar-refractivity contribution in [1.29, 1.82) is 0 Å². The van der Waals surface area contributed by atoms with Crippen LogP contribution in [0.25, 0.3) is 0 Å². The van der Waals surface area contributed by atoms with E-state index in [9.17, 15) is 13.2 Å². The number of benzene rings is 1. The third-order valence-corrected chi connectivity index (χ3v) is 3.84. The standard InChI is InChI=1S/C14H19F3N2/c1-19(2)12-6-5-10(14(15,16)17)9-11(12)13(18)7-3-4-8-13/h5-6,9H,3-4,7-8,18H2,1-2H3. The van der Waals surface area contributed by atoms with Gasteiger partial charge in [0.15, 0.2) is 0 Å². The van der Waals surface area contributed by atoms with E-state index in [4.69, 9.17) is 5.73 Å². The topological polar surface area (TPSA) is 29.3 Å². The second-order valence-corrected chi connectivity index (χ2v) is 5.49. The van der Waals surface area contributed by atoms with Gasteiger partial charge in [-0.05, 0) is 36.6 Å². The molecule has 0 heterocycles. The summed E-state index contributed by atoms with van der Waals surface area (Å²) < 4.78 is 38.6. The average molecular weight is 272 g/mol. The maximum atomic E-state index is 12.9. The Morgan fingerprint density at radius 2 is 1.74 bits per heavy atom. The van der Waals surface area contributed by atoms with Crippen LogP contribution in [0.3, 0.4) is 0 Å². The average Bonchev–Trinajstić information content (AvgIpc) is 2.75. The van der Waals surface area contributed by atoms with E-state index in [0.717, 1.165) is 37.4 Å². The minimum atomic E-state index is -4.32. The van der Waals surface area contributed by atoms with Gasteiger partial charge in [-0.1, -0.05) is 12.8 Å². The highest BCUT2D eigenvalue weighted by molar-refractivity contribution is 5.57. The highest BCUT2D eigenvalue weighted by atomic mass is 19.4. The second-order valence-electron chi connectivity index (χ2n) is 5.49. The summed E-state index contributed by atoms with van der Waals surface area (Å²) in [6.45, 7) is 0.